The van der Waals surface area contributed by atoms with Gasteiger partial charge in [-0.2, -0.15) is 13.2 Å². The monoisotopic (exact) mass is 235 g/mol. The van der Waals surface area contributed by atoms with E-state index in [2.05, 4.69) is 11.6 Å². The number of aromatic nitrogens is 1. The Bertz CT molecular complexity index is 397. The maximum atomic E-state index is 12.1. The maximum Gasteiger partial charge on any atom is 0.419 e. The van der Waals surface area contributed by atoms with Crippen LogP contribution in [0.15, 0.2) is 30.5 Å². The molecule has 0 spiro atoms. The minimum Gasteiger partial charge on any atom is -0.289 e. The Kier molecular flexibility index (Phi) is 3.14. The van der Waals surface area contributed by atoms with E-state index in [0.717, 1.165) is 12.3 Å². The smallest absolute Gasteiger partial charge is 0.289 e. The van der Waals surface area contributed by atoms with Crippen molar-refractivity contribution < 1.29 is 18.0 Å². The standard InChI is InChI=1S/C9H5ClF3NO/c1-5(9(11,12)13)8(15)6-2-3-7(10)14-4-6/h2-4H,1H2. The van der Waals surface area contributed by atoms with Crippen LogP contribution in [0.4, 0.5) is 13.2 Å². The Morgan fingerprint density at radius 3 is 2.40 bits per heavy atom. The van der Waals surface area contributed by atoms with Gasteiger partial charge in [0.25, 0.3) is 0 Å². The summed E-state index contributed by atoms with van der Waals surface area (Å²) in [6.45, 7) is 2.69. The van der Waals surface area contributed by atoms with E-state index >= 15 is 0 Å². The van der Waals surface area contributed by atoms with Crippen LogP contribution in [-0.4, -0.2) is 16.9 Å². The van der Waals surface area contributed by atoms with Crippen LogP contribution in [0, 0.1) is 0 Å². The van der Waals surface area contributed by atoms with Crippen molar-refractivity contribution in [2.24, 2.45) is 0 Å². The van der Waals surface area contributed by atoms with Crippen LogP contribution in [0.1, 0.15) is 10.4 Å². The average Bonchev–Trinajstić information content (AvgIpc) is 2.15. The summed E-state index contributed by atoms with van der Waals surface area (Å²) in [5, 5.41) is 0.101. The molecule has 0 atom stereocenters. The Balaban J connectivity index is 2.96. The number of rotatable bonds is 2. The van der Waals surface area contributed by atoms with Gasteiger partial charge in [0, 0.05) is 11.8 Å². The van der Waals surface area contributed by atoms with Crippen LogP contribution in [0.5, 0.6) is 0 Å². The van der Waals surface area contributed by atoms with E-state index in [4.69, 9.17) is 11.6 Å². The van der Waals surface area contributed by atoms with Crippen LogP contribution in [0.2, 0.25) is 5.15 Å². The van der Waals surface area contributed by atoms with Gasteiger partial charge in [0.2, 0.25) is 0 Å². The lowest BCUT2D eigenvalue weighted by molar-refractivity contribution is -0.0883. The molecular formula is C9H5ClF3NO. The van der Waals surface area contributed by atoms with Gasteiger partial charge in [-0.15, -0.1) is 0 Å². The fourth-order valence-electron chi connectivity index (χ4n) is 0.813. The van der Waals surface area contributed by atoms with Crippen molar-refractivity contribution in [3.05, 3.63) is 41.2 Å². The van der Waals surface area contributed by atoms with Crippen molar-refractivity contribution in [2.75, 3.05) is 0 Å². The summed E-state index contributed by atoms with van der Waals surface area (Å²) in [7, 11) is 0. The summed E-state index contributed by atoms with van der Waals surface area (Å²) in [5.74, 6) is -1.20. The molecule has 0 saturated carbocycles. The highest BCUT2D eigenvalue weighted by molar-refractivity contribution is 6.29. The first-order valence-corrected chi connectivity index (χ1v) is 4.12. The van der Waals surface area contributed by atoms with Crippen molar-refractivity contribution in [2.45, 2.75) is 6.18 Å². The van der Waals surface area contributed by atoms with E-state index in [1.807, 2.05) is 0 Å². The van der Waals surface area contributed by atoms with Gasteiger partial charge in [-0.1, -0.05) is 18.2 Å². The summed E-state index contributed by atoms with van der Waals surface area (Å²) in [4.78, 5) is 14.7. The first kappa shape index (κ1) is 11.7. The second-order valence-electron chi connectivity index (χ2n) is 2.68. The van der Waals surface area contributed by atoms with Gasteiger partial charge in [-0.25, -0.2) is 4.98 Å². The molecule has 6 heteroatoms. The number of hydrogen-bond donors (Lipinski definition) is 0. The Hall–Kier alpha value is -1.36. The number of alkyl halides is 3. The topological polar surface area (TPSA) is 30.0 Å². The van der Waals surface area contributed by atoms with Crippen molar-refractivity contribution in [1.82, 2.24) is 4.98 Å². The third kappa shape index (κ3) is 2.79. The molecule has 0 fully saturated rings. The average molecular weight is 236 g/mol. The lowest BCUT2D eigenvalue weighted by atomic mass is 10.1. The SMILES string of the molecule is C=C(C(=O)c1ccc(Cl)nc1)C(F)(F)F. The predicted molar refractivity (Wildman–Crippen MR) is 48.8 cm³/mol. The molecule has 0 aliphatic rings. The largest absolute Gasteiger partial charge is 0.419 e. The molecule has 80 valence electrons. The summed E-state index contributed by atoms with van der Waals surface area (Å²) < 4.78 is 36.3. The summed E-state index contributed by atoms with van der Waals surface area (Å²) in [6, 6.07) is 2.40. The molecule has 0 saturated heterocycles. The molecule has 0 N–H and O–H groups in total. The Labute approximate surface area is 88.4 Å². The van der Waals surface area contributed by atoms with Crippen molar-refractivity contribution in [1.29, 1.82) is 0 Å². The number of ketones is 1. The van der Waals surface area contributed by atoms with Crippen molar-refractivity contribution >= 4 is 17.4 Å². The zero-order valence-electron chi connectivity index (χ0n) is 7.31. The van der Waals surface area contributed by atoms with Gasteiger partial charge in [0.15, 0.2) is 5.78 Å². The zero-order valence-corrected chi connectivity index (χ0v) is 8.06. The highest BCUT2D eigenvalue weighted by Crippen LogP contribution is 2.26. The molecule has 0 aliphatic carbocycles. The Morgan fingerprint density at radius 2 is 2.00 bits per heavy atom. The normalized spacial score (nSPS) is 11.2. The van der Waals surface area contributed by atoms with Gasteiger partial charge >= 0.3 is 6.18 Å². The van der Waals surface area contributed by atoms with E-state index in [1.54, 1.807) is 0 Å². The number of halogens is 4. The van der Waals surface area contributed by atoms with Crippen LogP contribution < -0.4 is 0 Å². The van der Waals surface area contributed by atoms with Crippen LogP contribution in [0.3, 0.4) is 0 Å². The minimum atomic E-state index is -4.73. The molecule has 0 unspecified atom stereocenters. The number of allylic oxidation sites excluding steroid dienone is 1. The predicted octanol–water partition coefficient (Wildman–Crippen LogP) is 3.04. The summed E-state index contributed by atoms with van der Waals surface area (Å²) in [5.41, 5.74) is -1.62. The molecule has 1 aromatic heterocycles. The number of pyridine rings is 1. The van der Waals surface area contributed by atoms with E-state index in [1.165, 1.54) is 6.07 Å². The number of nitrogens with zero attached hydrogens (tertiary/aromatic N) is 1. The van der Waals surface area contributed by atoms with E-state index in [0.29, 0.717) is 0 Å². The number of Topliss-reactive ketones (excluding diaryl/α,β-unsaturated/α-hetero) is 1. The van der Waals surface area contributed by atoms with Crippen LogP contribution in [0.25, 0.3) is 0 Å². The molecule has 0 radical (unpaired) electrons. The van der Waals surface area contributed by atoms with Crippen LogP contribution in [-0.2, 0) is 0 Å². The van der Waals surface area contributed by atoms with Gasteiger partial charge < -0.3 is 0 Å². The minimum absolute atomic E-state index is 0.101. The molecule has 0 aromatic carbocycles. The highest BCUT2D eigenvalue weighted by Gasteiger charge is 2.37. The first-order chi connectivity index (χ1) is 6.82. The van der Waals surface area contributed by atoms with E-state index in [9.17, 15) is 18.0 Å². The fraction of sp³-hybridized carbons (Fsp3) is 0.111. The number of carbonyl (C=O) groups excluding carboxylic acids is 1. The molecule has 0 aliphatic heterocycles. The summed E-state index contributed by atoms with van der Waals surface area (Å²) >= 11 is 5.42. The maximum absolute atomic E-state index is 12.1. The fourth-order valence-corrected chi connectivity index (χ4v) is 0.925. The highest BCUT2D eigenvalue weighted by atomic mass is 35.5. The third-order valence-corrected chi connectivity index (χ3v) is 1.83. The second kappa shape index (κ2) is 4.02. The first-order valence-electron chi connectivity index (χ1n) is 3.74. The molecule has 15 heavy (non-hydrogen) atoms. The van der Waals surface area contributed by atoms with Crippen molar-refractivity contribution in [3.8, 4) is 0 Å². The molecule has 0 amide bonds. The van der Waals surface area contributed by atoms with Gasteiger partial charge in [0.1, 0.15) is 5.15 Å². The van der Waals surface area contributed by atoms with E-state index in [-0.39, 0.29) is 10.7 Å². The molecule has 1 aromatic rings. The zero-order chi connectivity index (χ0) is 11.6. The molecule has 1 rings (SSSR count). The molecule has 1 heterocycles. The molecule has 0 bridgehead atoms. The van der Waals surface area contributed by atoms with E-state index < -0.39 is 17.5 Å². The lowest BCUT2D eigenvalue weighted by Crippen LogP contribution is -2.19. The van der Waals surface area contributed by atoms with Gasteiger partial charge in [-0.05, 0) is 12.1 Å². The number of hydrogen-bond acceptors (Lipinski definition) is 2. The Morgan fingerprint density at radius 1 is 1.40 bits per heavy atom. The molecule has 2 nitrogen and oxygen atoms in total. The van der Waals surface area contributed by atoms with Gasteiger partial charge in [-0.3, -0.25) is 4.79 Å². The lowest BCUT2D eigenvalue weighted by Gasteiger charge is -2.08. The van der Waals surface area contributed by atoms with Crippen molar-refractivity contribution in [3.63, 3.8) is 0 Å². The quantitative estimate of drug-likeness (QED) is 0.448. The van der Waals surface area contributed by atoms with Gasteiger partial charge in [0.05, 0.1) is 5.57 Å². The molecular weight excluding hydrogens is 231 g/mol. The van der Waals surface area contributed by atoms with Crippen LogP contribution >= 0.6 is 11.6 Å². The summed E-state index contributed by atoms with van der Waals surface area (Å²) in [6.07, 6.45) is -3.75. The second-order valence-corrected chi connectivity index (χ2v) is 3.06. The number of carbonyl (C=O) groups is 1. The third-order valence-electron chi connectivity index (χ3n) is 1.61.